The number of methoxy groups -OCH3 is 1. The van der Waals surface area contributed by atoms with Gasteiger partial charge in [-0.2, -0.15) is 0 Å². The molecule has 0 bridgehead atoms. The van der Waals surface area contributed by atoms with E-state index in [1.165, 1.54) is 11.3 Å². The first kappa shape index (κ1) is 18.2. The third-order valence-corrected chi connectivity index (χ3v) is 5.32. The highest BCUT2D eigenvalue weighted by atomic mass is 35.5. The second-order valence-electron chi connectivity index (χ2n) is 5.86. The van der Waals surface area contributed by atoms with Crippen LogP contribution in [-0.4, -0.2) is 46.2 Å². The summed E-state index contributed by atoms with van der Waals surface area (Å²) in [5, 5.41) is 32.0. The normalized spacial score (nSPS) is 26.4. The van der Waals surface area contributed by atoms with Crippen molar-refractivity contribution in [2.75, 3.05) is 7.11 Å². The Morgan fingerprint density at radius 1 is 1.40 bits per heavy atom. The van der Waals surface area contributed by atoms with Crippen LogP contribution >= 0.6 is 22.9 Å². The Morgan fingerprint density at radius 2 is 2.16 bits per heavy atom. The van der Waals surface area contributed by atoms with Gasteiger partial charge in [0, 0.05) is 21.0 Å². The van der Waals surface area contributed by atoms with Gasteiger partial charge in [-0.1, -0.05) is 17.7 Å². The number of hydrogen-bond donors (Lipinski definition) is 3. The number of carbonyl (C=O) groups is 1. The van der Waals surface area contributed by atoms with Crippen molar-refractivity contribution in [1.29, 1.82) is 0 Å². The maximum absolute atomic E-state index is 11.7. The molecular weight excluding hydrogens is 368 g/mol. The number of fused-ring (bicyclic) bond motifs is 1. The van der Waals surface area contributed by atoms with Crippen molar-refractivity contribution in [3.8, 4) is 0 Å². The fraction of sp³-hybridized carbons (Fsp3) is 0.353. The van der Waals surface area contributed by atoms with Crippen LogP contribution in [0.2, 0.25) is 5.02 Å². The Labute approximate surface area is 152 Å². The predicted octanol–water partition coefficient (Wildman–Crippen LogP) is 1.98. The van der Waals surface area contributed by atoms with Gasteiger partial charge in [0.15, 0.2) is 5.60 Å². The number of ether oxygens (including phenoxy) is 2. The molecule has 6 nitrogen and oxygen atoms in total. The minimum Gasteiger partial charge on any atom is -0.490 e. The molecule has 0 saturated carbocycles. The van der Waals surface area contributed by atoms with Gasteiger partial charge >= 0.3 is 5.97 Å². The van der Waals surface area contributed by atoms with E-state index in [0.29, 0.717) is 5.02 Å². The number of carbonyl (C=O) groups excluding carboxylic acids is 1. The molecule has 0 aliphatic heterocycles. The van der Waals surface area contributed by atoms with Gasteiger partial charge < -0.3 is 24.8 Å². The molecule has 3 N–H and O–H groups in total. The van der Waals surface area contributed by atoms with E-state index < -0.39 is 23.8 Å². The van der Waals surface area contributed by atoms with Crippen molar-refractivity contribution < 1.29 is 29.6 Å². The molecule has 25 heavy (non-hydrogen) atoms. The zero-order chi connectivity index (χ0) is 18.2. The number of halogens is 1. The molecule has 134 valence electrons. The number of thiophene rings is 1. The lowest BCUT2D eigenvalue weighted by Gasteiger charge is -2.33. The summed E-state index contributed by atoms with van der Waals surface area (Å²) in [5.41, 5.74) is -2.03. The molecule has 2 aromatic rings. The topological polar surface area (TPSA) is 96.2 Å². The van der Waals surface area contributed by atoms with E-state index >= 15 is 0 Å². The Kier molecular flexibility index (Phi) is 5.04. The van der Waals surface area contributed by atoms with Crippen molar-refractivity contribution >= 4 is 39.0 Å². The molecule has 1 aromatic carbocycles. The molecule has 0 unspecified atom stereocenters. The Balaban J connectivity index is 1.80. The van der Waals surface area contributed by atoms with Crippen molar-refractivity contribution in [3.63, 3.8) is 0 Å². The summed E-state index contributed by atoms with van der Waals surface area (Å²) in [5.74, 6) is -0.988. The second-order valence-corrected chi connectivity index (χ2v) is 7.47. The minimum atomic E-state index is -2.03. The van der Waals surface area contributed by atoms with Gasteiger partial charge in [0.05, 0.1) is 13.2 Å². The van der Waals surface area contributed by atoms with E-state index in [9.17, 15) is 20.1 Å². The monoisotopic (exact) mass is 384 g/mol. The summed E-state index contributed by atoms with van der Waals surface area (Å²) >= 11 is 7.45. The summed E-state index contributed by atoms with van der Waals surface area (Å²) in [6, 6.07) is 7.46. The predicted molar refractivity (Wildman–Crippen MR) is 93.3 cm³/mol. The zero-order valence-electron chi connectivity index (χ0n) is 13.3. The molecule has 0 radical (unpaired) electrons. The molecule has 3 rings (SSSR count). The number of benzene rings is 1. The first-order chi connectivity index (χ1) is 11.8. The molecule has 0 spiro atoms. The largest absolute Gasteiger partial charge is 0.490 e. The number of esters is 1. The van der Waals surface area contributed by atoms with Crippen LogP contribution in [0.25, 0.3) is 10.1 Å². The highest BCUT2D eigenvalue weighted by Gasteiger charge is 2.45. The van der Waals surface area contributed by atoms with Crippen LogP contribution in [-0.2, 0) is 20.9 Å². The quantitative estimate of drug-likeness (QED) is 0.697. The lowest BCUT2D eigenvalue weighted by molar-refractivity contribution is -0.164. The van der Waals surface area contributed by atoms with Gasteiger partial charge in [0.2, 0.25) is 0 Å². The maximum atomic E-state index is 11.7. The van der Waals surface area contributed by atoms with E-state index in [4.69, 9.17) is 16.3 Å². The van der Waals surface area contributed by atoms with E-state index in [1.807, 2.05) is 18.2 Å². The first-order valence-corrected chi connectivity index (χ1v) is 8.72. The standard InChI is InChI=1S/C17H17ClO6S/c1-23-16(21)17(22)6-12(19)15(20)13(7-17)24-8-11-4-9-2-3-10(18)5-14(9)25-11/h2-5,7,12,15,19-20,22H,6,8H2,1H3/t12-,15+,17-/m1/s1. The highest BCUT2D eigenvalue weighted by molar-refractivity contribution is 7.19. The van der Waals surface area contributed by atoms with Crippen LogP contribution in [0.1, 0.15) is 11.3 Å². The van der Waals surface area contributed by atoms with Crippen LogP contribution in [0, 0.1) is 0 Å². The van der Waals surface area contributed by atoms with Gasteiger partial charge in [-0.3, -0.25) is 0 Å². The maximum Gasteiger partial charge on any atom is 0.342 e. The van der Waals surface area contributed by atoms with Gasteiger partial charge in [-0.05, 0) is 29.7 Å². The molecule has 3 atom stereocenters. The molecule has 8 heteroatoms. The Hall–Kier alpha value is -1.64. The van der Waals surface area contributed by atoms with E-state index in [0.717, 1.165) is 28.1 Å². The van der Waals surface area contributed by atoms with Gasteiger partial charge in [-0.25, -0.2) is 4.79 Å². The highest BCUT2D eigenvalue weighted by Crippen LogP contribution is 2.32. The molecule has 0 amide bonds. The third kappa shape index (κ3) is 3.65. The van der Waals surface area contributed by atoms with Gasteiger partial charge in [0.25, 0.3) is 0 Å². The summed E-state index contributed by atoms with van der Waals surface area (Å²) in [6.07, 6.45) is -1.94. The van der Waals surface area contributed by atoms with Crippen LogP contribution in [0.3, 0.4) is 0 Å². The fourth-order valence-corrected chi connectivity index (χ4v) is 3.99. The molecule has 0 saturated heterocycles. The number of aliphatic hydroxyl groups is 3. The average Bonchev–Trinajstić information content (AvgIpc) is 2.98. The second kappa shape index (κ2) is 6.93. The average molecular weight is 385 g/mol. The Morgan fingerprint density at radius 3 is 2.88 bits per heavy atom. The molecular formula is C17H17ClO6S. The van der Waals surface area contributed by atoms with Gasteiger partial charge in [0.1, 0.15) is 18.5 Å². The van der Waals surface area contributed by atoms with E-state index in [1.54, 1.807) is 6.07 Å². The van der Waals surface area contributed by atoms with Crippen molar-refractivity contribution in [2.24, 2.45) is 0 Å². The van der Waals surface area contributed by atoms with Crippen molar-refractivity contribution in [3.05, 3.63) is 46.0 Å². The van der Waals surface area contributed by atoms with Crippen molar-refractivity contribution in [1.82, 2.24) is 0 Å². The van der Waals surface area contributed by atoms with Crippen LogP contribution in [0.5, 0.6) is 0 Å². The fourth-order valence-electron chi connectivity index (χ4n) is 2.73. The number of rotatable bonds is 4. The number of aliphatic hydroxyl groups excluding tert-OH is 2. The minimum absolute atomic E-state index is 0.0675. The van der Waals surface area contributed by atoms with Crippen molar-refractivity contribution in [2.45, 2.75) is 30.8 Å². The summed E-state index contributed by atoms with van der Waals surface area (Å²) < 4.78 is 11.1. The molecule has 1 aromatic heterocycles. The van der Waals surface area contributed by atoms with Crippen LogP contribution < -0.4 is 0 Å². The lowest BCUT2D eigenvalue weighted by atomic mass is 9.86. The number of hydrogen-bond acceptors (Lipinski definition) is 7. The molecule has 1 aliphatic rings. The zero-order valence-corrected chi connectivity index (χ0v) is 14.9. The van der Waals surface area contributed by atoms with Gasteiger partial charge in [-0.15, -0.1) is 11.3 Å². The summed E-state index contributed by atoms with van der Waals surface area (Å²) in [4.78, 5) is 12.6. The Bertz CT molecular complexity index is 832. The first-order valence-electron chi connectivity index (χ1n) is 7.53. The van der Waals surface area contributed by atoms with E-state index in [2.05, 4.69) is 4.74 Å². The van der Waals surface area contributed by atoms with E-state index in [-0.39, 0.29) is 18.8 Å². The SMILES string of the molecule is COC(=O)[C@]1(O)C=C(OCc2cc3ccc(Cl)cc3s2)[C@@H](O)[C@H](O)C1. The lowest BCUT2D eigenvalue weighted by Crippen LogP contribution is -2.49. The van der Waals surface area contributed by atoms with Crippen LogP contribution in [0.15, 0.2) is 36.1 Å². The molecule has 1 heterocycles. The smallest absolute Gasteiger partial charge is 0.342 e. The third-order valence-electron chi connectivity index (χ3n) is 4.01. The molecule has 1 aliphatic carbocycles. The summed E-state index contributed by atoms with van der Waals surface area (Å²) in [7, 11) is 1.13. The van der Waals surface area contributed by atoms with Crippen LogP contribution in [0.4, 0.5) is 0 Å². The molecule has 0 fully saturated rings. The summed E-state index contributed by atoms with van der Waals surface area (Å²) in [6.45, 7) is 0.115.